The lowest BCUT2D eigenvalue weighted by atomic mass is 10.1. The molecule has 0 saturated heterocycles. The minimum atomic E-state index is -0.624. The van der Waals surface area contributed by atoms with Crippen LogP contribution in [-0.4, -0.2) is 22.1 Å². The first-order chi connectivity index (χ1) is 9.66. The fourth-order valence-corrected chi connectivity index (χ4v) is 2.56. The van der Waals surface area contributed by atoms with Gasteiger partial charge in [0.25, 0.3) is 5.91 Å². The minimum absolute atomic E-state index is 0.184. The van der Waals surface area contributed by atoms with Gasteiger partial charge in [-0.2, -0.15) is 0 Å². The van der Waals surface area contributed by atoms with Gasteiger partial charge in [0.15, 0.2) is 5.69 Å². The van der Waals surface area contributed by atoms with Gasteiger partial charge in [-0.05, 0) is 23.3 Å². The Morgan fingerprint density at radius 3 is 2.90 bits per heavy atom. The van der Waals surface area contributed by atoms with Gasteiger partial charge in [-0.25, -0.2) is 4.98 Å². The van der Waals surface area contributed by atoms with Gasteiger partial charge in [-0.3, -0.25) is 4.79 Å². The molecule has 1 aromatic carbocycles. The summed E-state index contributed by atoms with van der Waals surface area (Å²) in [5.41, 5.74) is 8.25. The molecule has 2 aromatic rings. The molecule has 5 heteroatoms. The van der Waals surface area contributed by atoms with Gasteiger partial charge in [0, 0.05) is 12.6 Å². The number of amides is 1. The number of nitrogens with one attached hydrogen (secondary N) is 1. The first-order valence-electron chi connectivity index (χ1n) is 6.44. The van der Waals surface area contributed by atoms with Gasteiger partial charge in [-0.15, -0.1) is 0 Å². The van der Waals surface area contributed by atoms with Gasteiger partial charge in [0.05, 0.1) is 17.8 Å². The highest BCUT2D eigenvalue weighted by Crippen LogP contribution is 2.31. The van der Waals surface area contributed by atoms with Gasteiger partial charge in [0.2, 0.25) is 0 Å². The van der Waals surface area contributed by atoms with Gasteiger partial charge in [-0.1, -0.05) is 24.3 Å². The minimum Gasteiger partial charge on any atom is -0.397 e. The van der Waals surface area contributed by atoms with Crippen molar-refractivity contribution in [3.63, 3.8) is 0 Å². The molecule has 0 spiro atoms. The van der Waals surface area contributed by atoms with Crippen molar-refractivity contribution in [3.05, 3.63) is 59.4 Å². The molecule has 0 saturated carbocycles. The maximum Gasteiger partial charge on any atom is 0.272 e. The molecule has 5 nitrogen and oxygen atoms in total. The Balaban J connectivity index is 1.85. The summed E-state index contributed by atoms with van der Waals surface area (Å²) in [5.74, 6) is -0.371. The first-order valence-corrected chi connectivity index (χ1v) is 6.44. The predicted octanol–water partition coefficient (Wildman–Crippen LogP) is 1.05. The second-order valence-corrected chi connectivity index (χ2v) is 4.86. The maximum atomic E-state index is 12.2. The number of nitrogen functional groups attached to an aromatic ring is 1. The SMILES string of the molecule is Nc1cccnc1C(=O)N[C@@H]1c2ccccc2C[C@@H]1O. The third-order valence-electron chi connectivity index (χ3n) is 3.54. The van der Waals surface area contributed by atoms with Crippen molar-refractivity contribution < 1.29 is 9.90 Å². The topological polar surface area (TPSA) is 88.2 Å². The average molecular weight is 269 g/mol. The normalized spacial score (nSPS) is 20.4. The van der Waals surface area contributed by atoms with Crippen molar-refractivity contribution in [2.45, 2.75) is 18.6 Å². The number of aliphatic hydroxyl groups is 1. The monoisotopic (exact) mass is 269 g/mol. The number of fused-ring (bicyclic) bond motifs is 1. The number of nitrogens with zero attached hydrogens (tertiary/aromatic N) is 1. The van der Waals surface area contributed by atoms with E-state index in [1.807, 2.05) is 24.3 Å². The predicted molar refractivity (Wildman–Crippen MR) is 75.0 cm³/mol. The van der Waals surface area contributed by atoms with Crippen LogP contribution in [0.2, 0.25) is 0 Å². The van der Waals surface area contributed by atoms with Crippen molar-refractivity contribution in [1.82, 2.24) is 10.3 Å². The summed E-state index contributed by atoms with van der Waals surface area (Å²) in [6.45, 7) is 0. The highest BCUT2D eigenvalue weighted by molar-refractivity contribution is 5.97. The Labute approximate surface area is 116 Å². The summed E-state index contributed by atoms with van der Waals surface area (Å²) in [6.07, 6.45) is 1.43. The van der Waals surface area contributed by atoms with E-state index in [0.717, 1.165) is 11.1 Å². The Kier molecular flexibility index (Phi) is 3.12. The van der Waals surface area contributed by atoms with Crippen LogP contribution in [0, 0.1) is 0 Å². The van der Waals surface area contributed by atoms with Gasteiger partial charge < -0.3 is 16.2 Å². The van der Waals surface area contributed by atoms with E-state index in [0.29, 0.717) is 12.1 Å². The fourth-order valence-electron chi connectivity index (χ4n) is 2.56. The van der Waals surface area contributed by atoms with Crippen LogP contribution in [0.1, 0.15) is 27.7 Å². The molecule has 1 aliphatic carbocycles. The smallest absolute Gasteiger partial charge is 0.272 e. The van der Waals surface area contributed by atoms with Gasteiger partial charge >= 0.3 is 0 Å². The molecule has 4 N–H and O–H groups in total. The van der Waals surface area contributed by atoms with E-state index in [2.05, 4.69) is 10.3 Å². The molecular formula is C15H15N3O2. The first kappa shape index (κ1) is 12.6. The zero-order valence-electron chi connectivity index (χ0n) is 10.8. The molecule has 0 aliphatic heterocycles. The lowest BCUT2D eigenvalue weighted by Crippen LogP contribution is -2.34. The number of anilines is 1. The van der Waals surface area contributed by atoms with Crippen LogP contribution in [0.4, 0.5) is 5.69 Å². The average Bonchev–Trinajstić information content (AvgIpc) is 2.76. The standard InChI is InChI=1S/C15H15N3O2/c16-11-6-3-7-17-14(11)15(20)18-13-10-5-2-1-4-9(10)8-12(13)19/h1-7,12-13,19H,8,16H2,(H,18,20)/t12-,13+/m0/s1. The van der Waals surface area contributed by atoms with E-state index in [-0.39, 0.29) is 11.6 Å². The number of aromatic nitrogens is 1. The molecule has 0 fully saturated rings. The van der Waals surface area contributed by atoms with E-state index in [1.54, 1.807) is 12.1 Å². The number of carbonyl (C=O) groups is 1. The molecule has 20 heavy (non-hydrogen) atoms. The Hall–Kier alpha value is -2.40. The number of hydrogen-bond donors (Lipinski definition) is 3. The number of carbonyl (C=O) groups excluding carboxylic acids is 1. The molecule has 1 amide bonds. The van der Waals surface area contributed by atoms with Crippen molar-refractivity contribution in [2.75, 3.05) is 5.73 Å². The van der Waals surface area contributed by atoms with Crippen molar-refractivity contribution in [1.29, 1.82) is 0 Å². The van der Waals surface area contributed by atoms with Crippen LogP contribution in [0.15, 0.2) is 42.6 Å². The van der Waals surface area contributed by atoms with E-state index in [1.165, 1.54) is 6.20 Å². The molecule has 2 atom stereocenters. The van der Waals surface area contributed by atoms with Crippen LogP contribution in [0.3, 0.4) is 0 Å². The number of nitrogens with two attached hydrogens (primary N) is 1. The van der Waals surface area contributed by atoms with E-state index < -0.39 is 12.1 Å². The van der Waals surface area contributed by atoms with E-state index >= 15 is 0 Å². The highest BCUT2D eigenvalue weighted by atomic mass is 16.3. The van der Waals surface area contributed by atoms with Gasteiger partial charge in [0.1, 0.15) is 0 Å². The molecule has 0 bridgehead atoms. The van der Waals surface area contributed by atoms with Crippen molar-refractivity contribution in [3.8, 4) is 0 Å². The molecule has 0 radical (unpaired) electrons. The summed E-state index contributed by atoms with van der Waals surface area (Å²) < 4.78 is 0. The summed E-state index contributed by atoms with van der Waals surface area (Å²) >= 11 is 0. The third-order valence-corrected chi connectivity index (χ3v) is 3.54. The second-order valence-electron chi connectivity index (χ2n) is 4.86. The third kappa shape index (κ3) is 2.12. The lowest BCUT2D eigenvalue weighted by Gasteiger charge is -2.18. The maximum absolute atomic E-state index is 12.2. The molecule has 1 aromatic heterocycles. The van der Waals surface area contributed by atoms with E-state index in [4.69, 9.17) is 5.73 Å². The number of benzene rings is 1. The largest absolute Gasteiger partial charge is 0.397 e. The summed E-state index contributed by atoms with van der Waals surface area (Å²) in [7, 11) is 0. The molecular weight excluding hydrogens is 254 g/mol. The van der Waals surface area contributed by atoms with Crippen LogP contribution in [0.5, 0.6) is 0 Å². The molecule has 0 unspecified atom stereocenters. The lowest BCUT2D eigenvalue weighted by molar-refractivity contribution is 0.0854. The fraction of sp³-hybridized carbons (Fsp3) is 0.200. The number of rotatable bonds is 2. The van der Waals surface area contributed by atoms with Crippen LogP contribution >= 0.6 is 0 Å². The Bertz CT molecular complexity index is 657. The highest BCUT2D eigenvalue weighted by Gasteiger charge is 2.32. The number of hydrogen-bond acceptors (Lipinski definition) is 4. The number of pyridine rings is 1. The zero-order valence-corrected chi connectivity index (χ0v) is 10.8. The van der Waals surface area contributed by atoms with Crippen LogP contribution < -0.4 is 11.1 Å². The molecule has 1 aliphatic rings. The molecule has 102 valence electrons. The molecule has 3 rings (SSSR count). The second kappa shape index (κ2) is 4.94. The van der Waals surface area contributed by atoms with Crippen LogP contribution in [0.25, 0.3) is 0 Å². The van der Waals surface area contributed by atoms with E-state index in [9.17, 15) is 9.90 Å². The quantitative estimate of drug-likeness (QED) is 0.760. The number of aliphatic hydroxyl groups excluding tert-OH is 1. The Morgan fingerprint density at radius 2 is 2.10 bits per heavy atom. The van der Waals surface area contributed by atoms with Crippen molar-refractivity contribution >= 4 is 11.6 Å². The van der Waals surface area contributed by atoms with Crippen molar-refractivity contribution in [2.24, 2.45) is 0 Å². The summed E-state index contributed by atoms with van der Waals surface area (Å²) in [4.78, 5) is 16.2. The van der Waals surface area contributed by atoms with Crippen LogP contribution in [-0.2, 0) is 6.42 Å². The zero-order chi connectivity index (χ0) is 14.1. The Morgan fingerprint density at radius 1 is 1.30 bits per heavy atom. The molecule has 1 heterocycles. The summed E-state index contributed by atoms with van der Waals surface area (Å²) in [5, 5.41) is 12.9. The summed E-state index contributed by atoms with van der Waals surface area (Å²) in [6, 6.07) is 10.6.